The number of hydrogen-bond donors (Lipinski definition) is 2. The molecule has 1 saturated heterocycles. The lowest BCUT2D eigenvalue weighted by Gasteiger charge is -2.33. The number of hydrogen-bond acceptors (Lipinski definition) is 4. The van der Waals surface area contributed by atoms with E-state index in [1.54, 1.807) is 13.0 Å². The van der Waals surface area contributed by atoms with E-state index in [2.05, 4.69) is 5.32 Å². The molecule has 1 aliphatic heterocycles. The van der Waals surface area contributed by atoms with Crippen molar-refractivity contribution in [2.24, 2.45) is 0 Å². The number of rotatable bonds is 2. The molecule has 1 aromatic rings. The van der Waals surface area contributed by atoms with Crippen LogP contribution in [0.5, 0.6) is 0 Å². The molecule has 1 heterocycles. The number of halogens is 1. The molecular weight excluding hydrogens is 282 g/mol. The molecule has 1 aromatic carbocycles. The van der Waals surface area contributed by atoms with Gasteiger partial charge in [0.25, 0.3) is 5.91 Å². The number of benzene rings is 1. The first-order chi connectivity index (χ1) is 9.43. The lowest BCUT2D eigenvalue weighted by molar-refractivity contribution is -0.138. The summed E-state index contributed by atoms with van der Waals surface area (Å²) in [5.74, 6) is -1.46. The fourth-order valence-corrected chi connectivity index (χ4v) is 2.35. The fourth-order valence-electron chi connectivity index (χ4n) is 2.15. The number of nitrogens with zero attached hydrogens (tertiary/aromatic N) is 1. The molecule has 2 rings (SSSR count). The van der Waals surface area contributed by atoms with Crippen LogP contribution < -0.4 is 11.1 Å². The minimum absolute atomic E-state index is 0.172. The first-order valence-electron chi connectivity index (χ1n) is 6.13. The first-order valence-corrected chi connectivity index (χ1v) is 6.51. The average Bonchev–Trinajstić information content (AvgIpc) is 2.40. The Bertz CT molecular complexity index is 588. The van der Waals surface area contributed by atoms with Gasteiger partial charge in [-0.1, -0.05) is 18.5 Å². The van der Waals surface area contributed by atoms with Gasteiger partial charge >= 0.3 is 0 Å². The van der Waals surface area contributed by atoms with Crippen molar-refractivity contribution in [2.75, 3.05) is 12.3 Å². The zero-order chi connectivity index (χ0) is 14.9. The number of carbonyl (C=O) groups excluding carboxylic acids is 3. The first kappa shape index (κ1) is 14.3. The second-order valence-electron chi connectivity index (χ2n) is 4.51. The minimum Gasteiger partial charge on any atom is -0.399 e. The maximum atomic E-state index is 12.5. The van der Waals surface area contributed by atoms with E-state index in [0.29, 0.717) is 12.1 Å². The standard InChI is InChI=1S/C13H14ClN3O3/c1-2-10-12(19)16-11(18)6-17(10)13(20)8-5-7(15)3-4-9(8)14/h3-5,10H,2,6,15H2,1H3,(H,16,18,19). The van der Waals surface area contributed by atoms with Gasteiger partial charge in [0.1, 0.15) is 12.6 Å². The predicted octanol–water partition coefficient (Wildman–Crippen LogP) is 0.799. The molecule has 3 amide bonds. The molecule has 6 nitrogen and oxygen atoms in total. The van der Waals surface area contributed by atoms with Gasteiger partial charge < -0.3 is 10.6 Å². The van der Waals surface area contributed by atoms with Crippen LogP contribution in [0.4, 0.5) is 5.69 Å². The Kier molecular flexibility index (Phi) is 3.94. The lowest BCUT2D eigenvalue weighted by Crippen LogP contribution is -2.59. The highest BCUT2D eigenvalue weighted by Gasteiger charge is 2.36. The zero-order valence-corrected chi connectivity index (χ0v) is 11.6. The SMILES string of the molecule is CCC1C(=O)NC(=O)CN1C(=O)c1cc(N)ccc1Cl. The summed E-state index contributed by atoms with van der Waals surface area (Å²) < 4.78 is 0. The van der Waals surface area contributed by atoms with Gasteiger partial charge in [-0.2, -0.15) is 0 Å². The summed E-state index contributed by atoms with van der Waals surface area (Å²) in [5, 5.41) is 2.45. The molecule has 0 saturated carbocycles. The average molecular weight is 296 g/mol. The quantitative estimate of drug-likeness (QED) is 0.623. The number of amides is 3. The van der Waals surface area contributed by atoms with E-state index in [-0.39, 0.29) is 17.1 Å². The molecule has 106 valence electrons. The summed E-state index contributed by atoms with van der Waals surface area (Å²) in [5.41, 5.74) is 6.22. The van der Waals surface area contributed by atoms with Crippen LogP contribution in [0.25, 0.3) is 0 Å². The van der Waals surface area contributed by atoms with Crippen LogP contribution in [0.3, 0.4) is 0 Å². The summed E-state index contributed by atoms with van der Waals surface area (Å²) in [4.78, 5) is 36.9. The molecule has 0 spiro atoms. The zero-order valence-electron chi connectivity index (χ0n) is 10.9. The van der Waals surface area contributed by atoms with Crippen LogP contribution >= 0.6 is 11.6 Å². The molecule has 0 bridgehead atoms. The Morgan fingerprint density at radius 2 is 2.20 bits per heavy atom. The summed E-state index contributed by atoms with van der Waals surface area (Å²) in [6, 6.07) is 3.84. The normalized spacial score (nSPS) is 18.9. The molecule has 20 heavy (non-hydrogen) atoms. The maximum Gasteiger partial charge on any atom is 0.256 e. The van der Waals surface area contributed by atoms with Crippen molar-refractivity contribution in [3.63, 3.8) is 0 Å². The number of nitrogens with two attached hydrogens (primary N) is 1. The number of piperazine rings is 1. The van der Waals surface area contributed by atoms with Crippen LogP contribution in [0.1, 0.15) is 23.7 Å². The van der Waals surface area contributed by atoms with Crippen LogP contribution in [-0.4, -0.2) is 35.2 Å². The van der Waals surface area contributed by atoms with Gasteiger partial charge in [-0.3, -0.25) is 19.7 Å². The highest BCUT2D eigenvalue weighted by Crippen LogP contribution is 2.22. The van der Waals surface area contributed by atoms with Crippen molar-refractivity contribution in [2.45, 2.75) is 19.4 Å². The summed E-state index contributed by atoms with van der Waals surface area (Å²) in [6.07, 6.45) is 0.408. The van der Waals surface area contributed by atoms with Crippen LogP contribution in [0.15, 0.2) is 18.2 Å². The Labute approximate surface area is 120 Å². The van der Waals surface area contributed by atoms with Crippen molar-refractivity contribution < 1.29 is 14.4 Å². The Morgan fingerprint density at radius 1 is 1.50 bits per heavy atom. The van der Waals surface area contributed by atoms with Crippen LogP contribution in [-0.2, 0) is 9.59 Å². The number of carbonyl (C=O) groups is 3. The molecule has 0 aliphatic carbocycles. The lowest BCUT2D eigenvalue weighted by atomic mass is 10.1. The van der Waals surface area contributed by atoms with Gasteiger partial charge in [-0.15, -0.1) is 0 Å². The van der Waals surface area contributed by atoms with E-state index >= 15 is 0 Å². The smallest absolute Gasteiger partial charge is 0.256 e. The topological polar surface area (TPSA) is 92.5 Å². The van der Waals surface area contributed by atoms with Gasteiger partial charge in [0.15, 0.2) is 0 Å². The molecule has 1 fully saturated rings. The summed E-state index contributed by atoms with van der Waals surface area (Å²) >= 11 is 5.99. The summed E-state index contributed by atoms with van der Waals surface area (Å²) in [7, 11) is 0. The van der Waals surface area contributed by atoms with E-state index in [4.69, 9.17) is 17.3 Å². The highest BCUT2D eigenvalue weighted by atomic mass is 35.5. The number of nitrogens with one attached hydrogen (secondary N) is 1. The van der Waals surface area contributed by atoms with Gasteiger partial charge in [0.05, 0.1) is 10.6 Å². The van der Waals surface area contributed by atoms with Crippen molar-refractivity contribution in [3.05, 3.63) is 28.8 Å². The van der Waals surface area contributed by atoms with Crippen LogP contribution in [0, 0.1) is 0 Å². The third-order valence-corrected chi connectivity index (χ3v) is 3.45. The number of anilines is 1. The molecule has 7 heteroatoms. The predicted molar refractivity (Wildman–Crippen MR) is 74.1 cm³/mol. The molecule has 0 aromatic heterocycles. The van der Waals surface area contributed by atoms with E-state index in [9.17, 15) is 14.4 Å². The van der Waals surface area contributed by atoms with Crippen molar-refractivity contribution >= 4 is 35.0 Å². The molecule has 3 N–H and O–H groups in total. The van der Waals surface area contributed by atoms with Gasteiger partial charge in [0.2, 0.25) is 11.8 Å². The second kappa shape index (κ2) is 5.50. The largest absolute Gasteiger partial charge is 0.399 e. The molecule has 1 aliphatic rings. The number of nitrogen functional groups attached to an aromatic ring is 1. The monoisotopic (exact) mass is 295 g/mol. The van der Waals surface area contributed by atoms with Crippen LogP contribution in [0.2, 0.25) is 5.02 Å². The van der Waals surface area contributed by atoms with Gasteiger partial charge in [-0.25, -0.2) is 0 Å². The highest BCUT2D eigenvalue weighted by molar-refractivity contribution is 6.34. The van der Waals surface area contributed by atoms with Crippen molar-refractivity contribution in [3.8, 4) is 0 Å². The van der Waals surface area contributed by atoms with Gasteiger partial charge in [0, 0.05) is 5.69 Å². The van der Waals surface area contributed by atoms with Gasteiger partial charge in [-0.05, 0) is 24.6 Å². The van der Waals surface area contributed by atoms with Crippen molar-refractivity contribution in [1.29, 1.82) is 0 Å². The van der Waals surface area contributed by atoms with E-state index in [0.717, 1.165) is 0 Å². The number of imide groups is 1. The van der Waals surface area contributed by atoms with E-state index in [1.807, 2.05) is 0 Å². The molecule has 1 unspecified atom stereocenters. The maximum absolute atomic E-state index is 12.5. The second-order valence-corrected chi connectivity index (χ2v) is 4.92. The Balaban J connectivity index is 2.37. The molecule has 1 atom stereocenters. The van der Waals surface area contributed by atoms with E-state index < -0.39 is 23.8 Å². The Morgan fingerprint density at radius 3 is 2.85 bits per heavy atom. The third-order valence-electron chi connectivity index (χ3n) is 3.12. The van der Waals surface area contributed by atoms with E-state index in [1.165, 1.54) is 17.0 Å². The van der Waals surface area contributed by atoms with Crippen molar-refractivity contribution in [1.82, 2.24) is 10.2 Å². The Hall–Kier alpha value is -2.08. The third kappa shape index (κ3) is 2.60. The molecular formula is C13H14ClN3O3. The fraction of sp³-hybridized carbons (Fsp3) is 0.308. The minimum atomic E-state index is -0.683. The molecule has 0 radical (unpaired) electrons. The summed E-state index contributed by atoms with van der Waals surface area (Å²) in [6.45, 7) is 1.59.